The summed E-state index contributed by atoms with van der Waals surface area (Å²) in [4.78, 5) is 2.20. The lowest BCUT2D eigenvalue weighted by atomic mass is 10.1. The van der Waals surface area contributed by atoms with Crippen molar-refractivity contribution in [1.29, 1.82) is 0 Å². The van der Waals surface area contributed by atoms with Crippen molar-refractivity contribution in [3.05, 3.63) is 48.3 Å². The molecule has 1 aliphatic heterocycles. The number of hydrogen-bond donors (Lipinski definition) is 1. The molecule has 1 heterocycles. The number of rotatable bonds is 6. The van der Waals surface area contributed by atoms with E-state index in [0.29, 0.717) is 13.2 Å². The van der Waals surface area contributed by atoms with Crippen LogP contribution in [0.15, 0.2) is 36.9 Å². The summed E-state index contributed by atoms with van der Waals surface area (Å²) in [5, 5.41) is 9.95. The first-order valence-corrected chi connectivity index (χ1v) is 7.07. The lowest BCUT2D eigenvalue weighted by Crippen LogP contribution is -2.42. The van der Waals surface area contributed by atoms with Gasteiger partial charge in [-0.2, -0.15) is 0 Å². The zero-order chi connectivity index (χ0) is 14.4. The van der Waals surface area contributed by atoms with E-state index in [1.165, 1.54) is 12.1 Å². The Bertz CT molecular complexity index is 421. The van der Waals surface area contributed by atoms with Crippen molar-refractivity contribution < 1.29 is 14.2 Å². The topological polar surface area (TPSA) is 32.7 Å². The van der Waals surface area contributed by atoms with Gasteiger partial charge in [-0.05, 0) is 30.5 Å². The highest BCUT2D eigenvalue weighted by atomic mass is 19.1. The standard InChI is InChI=1S/C16H22FNO2/c1-2-3-4-15(19)11-18-9-10-20-16(12-18)13-5-7-14(17)8-6-13/h2,5-8,15-16,19H,1,3-4,9-12H2. The molecular weight excluding hydrogens is 257 g/mol. The Morgan fingerprint density at radius 1 is 1.45 bits per heavy atom. The van der Waals surface area contributed by atoms with Crippen LogP contribution in [0.25, 0.3) is 0 Å². The molecule has 2 rings (SSSR count). The summed E-state index contributed by atoms with van der Waals surface area (Å²) >= 11 is 0. The average Bonchev–Trinajstić information content (AvgIpc) is 2.46. The van der Waals surface area contributed by atoms with Gasteiger partial charge in [0.2, 0.25) is 0 Å². The fraction of sp³-hybridized carbons (Fsp3) is 0.500. The van der Waals surface area contributed by atoms with Crippen molar-refractivity contribution >= 4 is 0 Å². The van der Waals surface area contributed by atoms with Crippen LogP contribution in [-0.2, 0) is 4.74 Å². The first kappa shape index (κ1) is 15.2. The van der Waals surface area contributed by atoms with E-state index in [-0.39, 0.29) is 18.0 Å². The lowest BCUT2D eigenvalue weighted by molar-refractivity contribution is -0.0426. The van der Waals surface area contributed by atoms with Crippen LogP contribution in [0.2, 0.25) is 0 Å². The van der Waals surface area contributed by atoms with E-state index >= 15 is 0 Å². The van der Waals surface area contributed by atoms with E-state index in [1.807, 2.05) is 6.08 Å². The zero-order valence-electron chi connectivity index (χ0n) is 11.7. The van der Waals surface area contributed by atoms with Crippen molar-refractivity contribution in [2.45, 2.75) is 25.0 Å². The molecular formula is C16H22FNO2. The molecule has 3 nitrogen and oxygen atoms in total. The highest BCUT2D eigenvalue weighted by Crippen LogP contribution is 2.22. The van der Waals surface area contributed by atoms with Crippen LogP contribution in [0.1, 0.15) is 24.5 Å². The maximum absolute atomic E-state index is 12.9. The van der Waals surface area contributed by atoms with Crippen molar-refractivity contribution in [1.82, 2.24) is 4.90 Å². The average molecular weight is 279 g/mol. The summed E-state index contributed by atoms with van der Waals surface area (Å²) in [6.07, 6.45) is 3.01. The fourth-order valence-electron chi connectivity index (χ4n) is 2.45. The maximum atomic E-state index is 12.9. The van der Waals surface area contributed by atoms with Crippen LogP contribution in [0.4, 0.5) is 4.39 Å². The molecule has 2 atom stereocenters. The summed E-state index contributed by atoms with van der Waals surface area (Å²) in [5.74, 6) is -0.235. The van der Waals surface area contributed by atoms with Crippen molar-refractivity contribution in [2.75, 3.05) is 26.2 Å². The third-order valence-electron chi connectivity index (χ3n) is 3.57. The second kappa shape index (κ2) is 7.53. The highest BCUT2D eigenvalue weighted by Gasteiger charge is 2.23. The SMILES string of the molecule is C=CCCC(O)CN1CCOC(c2ccc(F)cc2)C1. The van der Waals surface area contributed by atoms with E-state index in [4.69, 9.17) is 4.74 Å². The summed E-state index contributed by atoms with van der Waals surface area (Å²) in [6.45, 7) is 6.50. The molecule has 0 aliphatic carbocycles. The first-order valence-electron chi connectivity index (χ1n) is 7.07. The molecule has 0 spiro atoms. The smallest absolute Gasteiger partial charge is 0.123 e. The molecule has 0 amide bonds. The molecule has 4 heteroatoms. The van der Waals surface area contributed by atoms with Crippen LogP contribution in [0.5, 0.6) is 0 Å². The molecule has 1 N–H and O–H groups in total. The van der Waals surface area contributed by atoms with Crippen LogP contribution >= 0.6 is 0 Å². The molecule has 0 bridgehead atoms. The van der Waals surface area contributed by atoms with Crippen LogP contribution < -0.4 is 0 Å². The Balaban J connectivity index is 1.88. The molecule has 1 saturated heterocycles. The van der Waals surface area contributed by atoms with Crippen LogP contribution in [0.3, 0.4) is 0 Å². The molecule has 1 fully saturated rings. The molecule has 1 aliphatic rings. The van der Waals surface area contributed by atoms with Gasteiger partial charge in [-0.3, -0.25) is 4.90 Å². The third kappa shape index (κ3) is 4.40. The minimum atomic E-state index is -0.333. The Kier molecular flexibility index (Phi) is 5.71. The molecule has 1 aromatic rings. The Hall–Kier alpha value is -1.23. The highest BCUT2D eigenvalue weighted by molar-refractivity contribution is 5.19. The predicted octanol–water partition coefficient (Wildman–Crippen LogP) is 2.53. The number of morpholine rings is 1. The summed E-state index contributed by atoms with van der Waals surface area (Å²) in [6, 6.07) is 6.43. The maximum Gasteiger partial charge on any atom is 0.123 e. The number of nitrogens with zero attached hydrogens (tertiary/aromatic N) is 1. The monoisotopic (exact) mass is 279 g/mol. The molecule has 20 heavy (non-hydrogen) atoms. The molecule has 0 radical (unpaired) electrons. The lowest BCUT2D eigenvalue weighted by Gasteiger charge is -2.34. The summed E-state index contributed by atoms with van der Waals surface area (Å²) in [7, 11) is 0. The van der Waals surface area contributed by atoms with E-state index in [2.05, 4.69) is 11.5 Å². The largest absolute Gasteiger partial charge is 0.392 e. The number of aliphatic hydroxyl groups is 1. The minimum Gasteiger partial charge on any atom is -0.392 e. The number of benzene rings is 1. The Morgan fingerprint density at radius 3 is 2.90 bits per heavy atom. The third-order valence-corrected chi connectivity index (χ3v) is 3.57. The molecule has 0 aromatic heterocycles. The number of aliphatic hydroxyl groups excluding tert-OH is 1. The van der Waals surface area contributed by atoms with Gasteiger partial charge < -0.3 is 9.84 Å². The first-order chi connectivity index (χ1) is 9.69. The second-order valence-electron chi connectivity index (χ2n) is 5.19. The minimum absolute atomic E-state index is 0.0454. The Labute approximate surface area is 119 Å². The molecule has 110 valence electrons. The summed E-state index contributed by atoms with van der Waals surface area (Å²) < 4.78 is 18.7. The van der Waals surface area contributed by atoms with E-state index < -0.39 is 0 Å². The number of halogens is 1. The van der Waals surface area contributed by atoms with Gasteiger partial charge in [0.05, 0.1) is 18.8 Å². The molecule has 1 aromatic carbocycles. The van der Waals surface area contributed by atoms with Crippen LogP contribution in [0, 0.1) is 5.82 Å². The van der Waals surface area contributed by atoms with Gasteiger partial charge in [-0.25, -0.2) is 4.39 Å². The van der Waals surface area contributed by atoms with Gasteiger partial charge in [-0.1, -0.05) is 18.2 Å². The predicted molar refractivity (Wildman–Crippen MR) is 77.0 cm³/mol. The number of β-amino-alcohol motifs (C(OH)–C–C–N with tert-alkyl or cyclic N) is 1. The number of ether oxygens (including phenoxy) is 1. The van der Waals surface area contributed by atoms with E-state index in [1.54, 1.807) is 12.1 Å². The quantitative estimate of drug-likeness (QED) is 0.812. The zero-order valence-corrected chi connectivity index (χ0v) is 11.7. The van der Waals surface area contributed by atoms with Gasteiger partial charge in [0.1, 0.15) is 5.82 Å². The van der Waals surface area contributed by atoms with Crippen molar-refractivity contribution in [3.8, 4) is 0 Å². The van der Waals surface area contributed by atoms with Gasteiger partial charge in [0.25, 0.3) is 0 Å². The normalized spacial score (nSPS) is 21.6. The van der Waals surface area contributed by atoms with Gasteiger partial charge in [0.15, 0.2) is 0 Å². The molecule has 2 unspecified atom stereocenters. The van der Waals surface area contributed by atoms with Crippen LogP contribution in [-0.4, -0.2) is 42.4 Å². The van der Waals surface area contributed by atoms with Crippen molar-refractivity contribution in [2.24, 2.45) is 0 Å². The number of allylic oxidation sites excluding steroid dienone is 1. The van der Waals surface area contributed by atoms with E-state index in [9.17, 15) is 9.50 Å². The van der Waals surface area contributed by atoms with Gasteiger partial charge in [0, 0.05) is 19.6 Å². The number of hydrogen-bond acceptors (Lipinski definition) is 3. The van der Waals surface area contributed by atoms with Crippen molar-refractivity contribution in [3.63, 3.8) is 0 Å². The van der Waals surface area contributed by atoms with E-state index in [0.717, 1.165) is 31.5 Å². The molecule has 0 saturated carbocycles. The van der Waals surface area contributed by atoms with Gasteiger partial charge >= 0.3 is 0 Å². The summed E-state index contributed by atoms with van der Waals surface area (Å²) in [5.41, 5.74) is 0.983. The van der Waals surface area contributed by atoms with Gasteiger partial charge in [-0.15, -0.1) is 6.58 Å². The second-order valence-corrected chi connectivity index (χ2v) is 5.19. The fourth-order valence-corrected chi connectivity index (χ4v) is 2.45. The Morgan fingerprint density at radius 2 is 2.20 bits per heavy atom.